The summed E-state index contributed by atoms with van der Waals surface area (Å²) in [5.74, 6) is 2.47. The molecule has 0 spiro atoms. The Morgan fingerprint density at radius 2 is 1.86 bits per heavy atom. The van der Waals surface area contributed by atoms with E-state index in [1.165, 1.54) is 50.5 Å². The normalized spacial score (nSPS) is 41.3. The molecule has 2 heteroatoms. The van der Waals surface area contributed by atoms with E-state index < -0.39 is 0 Å². The summed E-state index contributed by atoms with van der Waals surface area (Å²) in [5, 5.41) is 0. The molecule has 2 nitrogen and oxygen atoms in total. The zero-order valence-corrected chi connectivity index (χ0v) is 18.7. The van der Waals surface area contributed by atoms with E-state index in [-0.39, 0.29) is 0 Å². The fourth-order valence-electron chi connectivity index (χ4n) is 7.67. The molecule has 1 aromatic heterocycles. The predicted molar refractivity (Wildman–Crippen MR) is 119 cm³/mol. The van der Waals surface area contributed by atoms with Crippen LogP contribution in [0.1, 0.15) is 78.2 Å². The first-order chi connectivity index (χ1) is 13.9. The Kier molecular flexibility index (Phi) is 4.77. The second kappa shape index (κ2) is 7.08. The van der Waals surface area contributed by atoms with Gasteiger partial charge in [-0.05, 0) is 105 Å². The van der Waals surface area contributed by atoms with Crippen LogP contribution in [0.5, 0.6) is 0 Å². The van der Waals surface area contributed by atoms with Crippen molar-refractivity contribution in [3.63, 3.8) is 0 Å². The summed E-state index contributed by atoms with van der Waals surface area (Å²) < 4.78 is 6.21. The largest absolute Gasteiger partial charge is 0.375 e. The van der Waals surface area contributed by atoms with Crippen molar-refractivity contribution in [2.24, 2.45) is 28.6 Å². The Morgan fingerprint density at radius 1 is 1.03 bits per heavy atom. The first-order valence-corrected chi connectivity index (χ1v) is 11.9. The van der Waals surface area contributed by atoms with Crippen molar-refractivity contribution in [2.45, 2.75) is 84.8 Å². The van der Waals surface area contributed by atoms with Crippen molar-refractivity contribution in [1.29, 1.82) is 0 Å². The van der Waals surface area contributed by atoms with E-state index >= 15 is 0 Å². The van der Waals surface area contributed by atoms with Crippen LogP contribution in [-0.4, -0.2) is 17.2 Å². The van der Waals surface area contributed by atoms with Gasteiger partial charge in [-0.15, -0.1) is 0 Å². The molecule has 0 aliphatic heterocycles. The summed E-state index contributed by atoms with van der Waals surface area (Å²) in [7, 11) is 0. The summed E-state index contributed by atoms with van der Waals surface area (Å²) in [6.07, 6.45) is 18.9. The summed E-state index contributed by atoms with van der Waals surface area (Å²) in [6, 6.07) is 4.35. The number of nitrogens with zero attached hydrogens (tertiary/aromatic N) is 1. The molecule has 0 radical (unpaired) electrons. The molecule has 6 atom stereocenters. The maximum atomic E-state index is 6.21. The number of fused-ring (bicyclic) bond motifs is 5. The molecule has 1 heterocycles. The van der Waals surface area contributed by atoms with E-state index in [4.69, 9.17) is 4.74 Å². The molecule has 0 amide bonds. The molecule has 0 bridgehead atoms. The molecule has 0 aromatic carbocycles. The number of hydrogen-bond acceptors (Lipinski definition) is 2. The first-order valence-electron chi connectivity index (χ1n) is 11.9. The van der Waals surface area contributed by atoms with E-state index in [1.807, 2.05) is 6.20 Å². The highest BCUT2D eigenvalue weighted by Gasteiger charge is 2.56. The summed E-state index contributed by atoms with van der Waals surface area (Å²) in [5.41, 5.74) is 5.36. The van der Waals surface area contributed by atoms with Crippen LogP contribution in [0.25, 0.3) is 5.57 Å². The maximum absolute atomic E-state index is 6.21. The molecule has 0 N–H and O–H groups in total. The van der Waals surface area contributed by atoms with E-state index in [0.717, 1.165) is 17.8 Å². The van der Waals surface area contributed by atoms with Gasteiger partial charge < -0.3 is 4.74 Å². The SMILES string of the molecule is CC(C)OC1CCC2(C)C(=CCC3C2CCC2(C)C(c4cccnc4)=CCC32)C1. The van der Waals surface area contributed by atoms with Gasteiger partial charge in [-0.1, -0.05) is 37.6 Å². The molecule has 156 valence electrons. The average molecular weight is 392 g/mol. The standard InChI is InChI=1S/C27H37NO/c1-18(2)29-21-11-13-26(3)20(16-21)7-8-22-24-10-9-23(19-6-5-15-28-17-19)27(24,4)14-12-25(22)26/h5-7,9,15,17-18,21-22,24-25H,8,10-14,16H2,1-4H3. The molecule has 4 aliphatic carbocycles. The predicted octanol–water partition coefficient (Wildman–Crippen LogP) is 6.83. The molecule has 5 rings (SSSR count). The van der Waals surface area contributed by atoms with Gasteiger partial charge >= 0.3 is 0 Å². The number of allylic oxidation sites excluding steroid dienone is 3. The van der Waals surface area contributed by atoms with Gasteiger partial charge in [-0.3, -0.25) is 4.98 Å². The van der Waals surface area contributed by atoms with Gasteiger partial charge in [-0.2, -0.15) is 0 Å². The minimum atomic E-state index is 0.323. The monoisotopic (exact) mass is 391 g/mol. The Bertz CT molecular complexity index is 824. The van der Waals surface area contributed by atoms with E-state index in [0.29, 0.717) is 23.0 Å². The highest BCUT2D eigenvalue weighted by atomic mass is 16.5. The van der Waals surface area contributed by atoms with E-state index in [1.54, 1.807) is 11.1 Å². The average Bonchev–Trinajstić information content (AvgIpc) is 3.06. The van der Waals surface area contributed by atoms with Gasteiger partial charge in [0.1, 0.15) is 0 Å². The Labute approximate surface area is 176 Å². The maximum Gasteiger partial charge on any atom is 0.0616 e. The molecular formula is C27H37NO. The van der Waals surface area contributed by atoms with Crippen LogP contribution in [0.15, 0.2) is 42.3 Å². The van der Waals surface area contributed by atoms with Gasteiger partial charge in [0.2, 0.25) is 0 Å². The Morgan fingerprint density at radius 3 is 2.62 bits per heavy atom. The lowest BCUT2D eigenvalue weighted by Crippen LogP contribution is -2.50. The minimum absolute atomic E-state index is 0.323. The summed E-state index contributed by atoms with van der Waals surface area (Å²) in [4.78, 5) is 4.41. The summed E-state index contributed by atoms with van der Waals surface area (Å²) in [6.45, 7) is 9.49. The van der Waals surface area contributed by atoms with Crippen molar-refractivity contribution in [3.8, 4) is 0 Å². The fraction of sp³-hybridized carbons (Fsp3) is 0.667. The van der Waals surface area contributed by atoms with Crippen LogP contribution >= 0.6 is 0 Å². The number of rotatable bonds is 3. The van der Waals surface area contributed by atoms with E-state index in [2.05, 4.69) is 63.2 Å². The molecule has 4 aliphatic rings. The minimum Gasteiger partial charge on any atom is -0.375 e. The van der Waals surface area contributed by atoms with Gasteiger partial charge in [0, 0.05) is 12.4 Å². The third-order valence-corrected chi connectivity index (χ3v) is 9.08. The second-order valence-corrected chi connectivity index (χ2v) is 10.9. The van der Waals surface area contributed by atoms with Crippen LogP contribution in [0.4, 0.5) is 0 Å². The summed E-state index contributed by atoms with van der Waals surface area (Å²) >= 11 is 0. The lowest BCUT2D eigenvalue weighted by atomic mass is 9.47. The second-order valence-electron chi connectivity index (χ2n) is 10.9. The Balaban J connectivity index is 1.40. The third-order valence-electron chi connectivity index (χ3n) is 9.08. The van der Waals surface area contributed by atoms with Gasteiger partial charge in [-0.25, -0.2) is 0 Å². The highest BCUT2D eigenvalue weighted by molar-refractivity contribution is 5.72. The van der Waals surface area contributed by atoms with Gasteiger partial charge in [0.05, 0.1) is 12.2 Å². The Hall–Kier alpha value is -1.41. The molecular weight excluding hydrogens is 354 g/mol. The topological polar surface area (TPSA) is 22.1 Å². The van der Waals surface area contributed by atoms with Crippen LogP contribution in [-0.2, 0) is 4.74 Å². The highest BCUT2D eigenvalue weighted by Crippen LogP contribution is 2.66. The first kappa shape index (κ1) is 19.5. The molecule has 2 fully saturated rings. The van der Waals surface area contributed by atoms with Crippen molar-refractivity contribution >= 4 is 5.57 Å². The van der Waals surface area contributed by atoms with Crippen LogP contribution in [0.3, 0.4) is 0 Å². The number of ether oxygens (including phenoxy) is 1. The number of hydrogen-bond donors (Lipinski definition) is 0. The van der Waals surface area contributed by atoms with Crippen LogP contribution in [0.2, 0.25) is 0 Å². The van der Waals surface area contributed by atoms with Crippen molar-refractivity contribution in [1.82, 2.24) is 4.98 Å². The molecule has 1 aromatic rings. The lowest BCUT2D eigenvalue weighted by Gasteiger charge is -2.58. The van der Waals surface area contributed by atoms with Gasteiger partial charge in [0.15, 0.2) is 0 Å². The van der Waals surface area contributed by atoms with Crippen molar-refractivity contribution in [2.75, 3.05) is 0 Å². The zero-order valence-electron chi connectivity index (χ0n) is 18.7. The zero-order chi connectivity index (χ0) is 20.2. The smallest absolute Gasteiger partial charge is 0.0616 e. The number of aromatic nitrogens is 1. The van der Waals surface area contributed by atoms with Crippen molar-refractivity contribution in [3.05, 3.63) is 47.8 Å². The molecule has 0 saturated heterocycles. The third kappa shape index (κ3) is 3.05. The van der Waals surface area contributed by atoms with Gasteiger partial charge in [0.25, 0.3) is 0 Å². The van der Waals surface area contributed by atoms with Crippen molar-refractivity contribution < 1.29 is 4.74 Å². The number of pyridine rings is 1. The van der Waals surface area contributed by atoms with Crippen LogP contribution < -0.4 is 0 Å². The molecule has 29 heavy (non-hydrogen) atoms. The molecule has 6 unspecified atom stereocenters. The van der Waals surface area contributed by atoms with Crippen LogP contribution in [0, 0.1) is 28.6 Å². The fourth-order valence-corrected chi connectivity index (χ4v) is 7.67. The lowest BCUT2D eigenvalue weighted by molar-refractivity contribution is -0.0525. The van der Waals surface area contributed by atoms with E-state index in [9.17, 15) is 0 Å². The quantitative estimate of drug-likeness (QED) is 0.527. The molecule has 2 saturated carbocycles.